The average Bonchev–Trinajstić information content (AvgIpc) is 2.47. The number of nitrogens with one attached hydrogen (secondary N) is 1. The monoisotopic (exact) mass is 323 g/mol. The molecule has 0 amide bonds. The van der Waals surface area contributed by atoms with Crippen LogP contribution < -0.4 is 5.56 Å². The number of H-pyrrole nitrogens is 1. The van der Waals surface area contributed by atoms with Crippen molar-refractivity contribution < 1.29 is 13.2 Å². The molecule has 1 aliphatic heterocycles. The summed E-state index contributed by atoms with van der Waals surface area (Å²) in [4.78, 5) is 21.0. The van der Waals surface area contributed by atoms with E-state index in [9.17, 15) is 18.0 Å². The molecule has 1 N–H and O–H groups in total. The van der Waals surface area contributed by atoms with E-state index in [2.05, 4.69) is 9.97 Å². The number of aromatic amines is 1. The molecule has 2 heterocycles. The van der Waals surface area contributed by atoms with Crippen LogP contribution in [0.3, 0.4) is 0 Å². The van der Waals surface area contributed by atoms with Crippen LogP contribution >= 0.6 is 0 Å². The fourth-order valence-corrected chi connectivity index (χ4v) is 2.84. The van der Waals surface area contributed by atoms with Crippen molar-refractivity contribution in [3.63, 3.8) is 0 Å². The summed E-state index contributed by atoms with van der Waals surface area (Å²) in [6.07, 6.45) is -3.72. The van der Waals surface area contributed by atoms with Gasteiger partial charge in [-0.25, -0.2) is 4.98 Å². The average molecular weight is 323 g/mol. The maximum atomic E-state index is 12.8. The number of hydrogen-bond acceptors (Lipinski definition) is 3. The molecule has 0 radical (unpaired) electrons. The Labute approximate surface area is 131 Å². The van der Waals surface area contributed by atoms with Gasteiger partial charge in [0, 0.05) is 26.1 Å². The van der Waals surface area contributed by atoms with Crippen LogP contribution in [0, 0.1) is 6.92 Å². The molecular weight excluding hydrogens is 307 g/mol. The van der Waals surface area contributed by atoms with Gasteiger partial charge in [-0.15, -0.1) is 0 Å². The first-order valence-corrected chi connectivity index (χ1v) is 7.30. The lowest BCUT2D eigenvalue weighted by atomic mass is 10.0. The normalized spacial score (nSPS) is 15.5. The minimum atomic E-state index is -4.34. The van der Waals surface area contributed by atoms with Gasteiger partial charge in [0.15, 0.2) is 0 Å². The van der Waals surface area contributed by atoms with Gasteiger partial charge in [-0.05, 0) is 18.6 Å². The van der Waals surface area contributed by atoms with Gasteiger partial charge in [0.1, 0.15) is 5.82 Å². The van der Waals surface area contributed by atoms with Gasteiger partial charge < -0.3 is 4.98 Å². The van der Waals surface area contributed by atoms with E-state index in [-0.39, 0.29) is 5.56 Å². The number of fused-ring (bicyclic) bond motifs is 1. The third kappa shape index (κ3) is 3.44. The lowest BCUT2D eigenvalue weighted by Crippen LogP contribution is -2.35. The Hall–Kier alpha value is -2.15. The Kier molecular flexibility index (Phi) is 3.97. The van der Waals surface area contributed by atoms with Gasteiger partial charge in [0.2, 0.25) is 0 Å². The van der Waals surface area contributed by atoms with Crippen molar-refractivity contribution in [3.05, 3.63) is 62.8 Å². The van der Waals surface area contributed by atoms with Crippen molar-refractivity contribution in [2.75, 3.05) is 6.54 Å². The zero-order valence-electron chi connectivity index (χ0n) is 12.6. The molecule has 0 saturated heterocycles. The minimum Gasteiger partial charge on any atom is -0.310 e. The van der Waals surface area contributed by atoms with Crippen LogP contribution in [0.5, 0.6) is 0 Å². The molecule has 1 aromatic carbocycles. The molecule has 1 aromatic heterocycles. The van der Waals surface area contributed by atoms with Crippen molar-refractivity contribution in [3.8, 4) is 0 Å². The van der Waals surface area contributed by atoms with Gasteiger partial charge in [-0.3, -0.25) is 9.69 Å². The molecule has 0 fully saturated rings. The van der Waals surface area contributed by atoms with E-state index >= 15 is 0 Å². The number of alkyl halides is 3. The molecule has 0 atom stereocenters. The molecule has 2 aromatic rings. The summed E-state index contributed by atoms with van der Waals surface area (Å²) in [5, 5.41) is 0. The van der Waals surface area contributed by atoms with Gasteiger partial charge in [0.25, 0.3) is 5.56 Å². The summed E-state index contributed by atoms with van der Waals surface area (Å²) in [5.41, 5.74) is 1.16. The van der Waals surface area contributed by atoms with Crippen LogP contribution in [0.2, 0.25) is 0 Å². The summed E-state index contributed by atoms with van der Waals surface area (Å²) in [7, 11) is 0. The van der Waals surface area contributed by atoms with E-state index in [0.29, 0.717) is 43.0 Å². The van der Waals surface area contributed by atoms with Crippen molar-refractivity contribution in [1.82, 2.24) is 14.9 Å². The van der Waals surface area contributed by atoms with E-state index in [1.807, 2.05) is 4.90 Å². The molecular formula is C16H16F3N3O. The molecule has 23 heavy (non-hydrogen) atoms. The van der Waals surface area contributed by atoms with Crippen LogP contribution in [-0.4, -0.2) is 21.4 Å². The zero-order valence-corrected chi connectivity index (χ0v) is 12.6. The van der Waals surface area contributed by atoms with Crippen molar-refractivity contribution >= 4 is 0 Å². The Balaban J connectivity index is 1.79. The molecule has 1 aliphatic rings. The number of nitrogens with zero attached hydrogens (tertiary/aromatic N) is 2. The standard InChI is InChI=1S/C16H16F3N3O/c1-10-20-14-5-6-22(9-13(14)15(23)21-10)8-11-3-2-4-12(7-11)16(17,18)19/h2-4,7H,5-6,8-9H2,1H3,(H,20,21,23). The largest absolute Gasteiger partial charge is 0.416 e. The number of rotatable bonds is 2. The fourth-order valence-electron chi connectivity index (χ4n) is 2.84. The van der Waals surface area contributed by atoms with Gasteiger partial charge in [-0.2, -0.15) is 13.2 Å². The predicted octanol–water partition coefficient (Wildman–Crippen LogP) is 2.66. The van der Waals surface area contributed by atoms with Crippen LogP contribution in [-0.2, 0) is 25.7 Å². The minimum absolute atomic E-state index is 0.166. The third-order valence-electron chi connectivity index (χ3n) is 3.93. The van der Waals surface area contributed by atoms with E-state index in [1.54, 1.807) is 13.0 Å². The molecule has 0 saturated carbocycles. The predicted molar refractivity (Wildman–Crippen MR) is 78.9 cm³/mol. The highest BCUT2D eigenvalue weighted by atomic mass is 19.4. The van der Waals surface area contributed by atoms with Crippen LogP contribution in [0.4, 0.5) is 13.2 Å². The van der Waals surface area contributed by atoms with Crippen molar-refractivity contribution in [2.24, 2.45) is 0 Å². The molecule has 0 bridgehead atoms. The van der Waals surface area contributed by atoms with E-state index in [1.165, 1.54) is 6.07 Å². The molecule has 7 heteroatoms. The number of aryl methyl sites for hydroxylation is 1. The van der Waals surface area contributed by atoms with E-state index < -0.39 is 11.7 Å². The number of aromatic nitrogens is 2. The Morgan fingerprint density at radius 1 is 1.35 bits per heavy atom. The molecule has 0 aliphatic carbocycles. The fraction of sp³-hybridized carbons (Fsp3) is 0.375. The zero-order chi connectivity index (χ0) is 16.6. The van der Waals surface area contributed by atoms with Gasteiger partial charge >= 0.3 is 6.18 Å². The Morgan fingerprint density at radius 3 is 2.87 bits per heavy atom. The molecule has 122 valence electrons. The SMILES string of the molecule is Cc1nc2c(c(=O)[nH]1)CN(Cc1cccc(C(F)(F)F)c1)CC2. The second kappa shape index (κ2) is 5.81. The third-order valence-corrected chi connectivity index (χ3v) is 3.93. The first kappa shape index (κ1) is 15.7. The van der Waals surface area contributed by atoms with Crippen LogP contribution in [0.25, 0.3) is 0 Å². The maximum absolute atomic E-state index is 12.8. The van der Waals surface area contributed by atoms with Gasteiger partial charge in [0.05, 0.1) is 16.8 Å². The second-order valence-corrected chi connectivity index (χ2v) is 5.74. The van der Waals surface area contributed by atoms with Crippen LogP contribution in [0.1, 0.15) is 28.2 Å². The maximum Gasteiger partial charge on any atom is 0.416 e. The lowest BCUT2D eigenvalue weighted by molar-refractivity contribution is -0.137. The van der Waals surface area contributed by atoms with Crippen molar-refractivity contribution in [2.45, 2.75) is 32.6 Å². The number of benzene rings is 1. The summed E-state index contributed by atoms with van der Waals surface area (Å²) in [5.74, 6) is 0.583. The summed E-state index contributed by atoms with van der Waals surface area (Å²) in [6, 6.07) is 5.30. The van der Waals surface area contributed by atoms with Crippen LogP contribution in [0.15, 0.2) is 29.1 Å². The Morgan fingerprint density at radius 2 is 2.13 bits per heavy atom. The first-order valence-electron chi connectivity index (χ1n) is 7.30. The highest BCUT2D eigenvalue weighted by Crippen LogP contribution is 2.30. The lowest BCUT2D eigenvalue weighted by Gasteiger charge is -2.27. The van der Waals surface area contributed by atoms with Crippen molar-refractivity contribution in [1.29, 1.82) is 0 Å². The molecule has 0 unspecified atom stereocenters. The molecule has 3 rings (SSSR count). The molecule has 4 nitrogen and oxygen atoms in total. The summed E-state index contributed by atoms with van der Waals surface area (Å²) < 4.78 is 38.3. The van der Waals surface area contributed by atoms with Gasteiger partial charge in [-0.1, -0.05) is 18.2 Å². The molecule has 0 spiro atoms. The topological polar surface area (TPSA) is 49.0 Å². The quantitative estimate of drug-likeness (QED) is 0.924. The van der Waals surface area contributed by atoms with E-state index in [0.717, 1.165) is 17.8 Å². The smallest absolute Gasteiger partial charge is 0.310 e. The Bertz CT molecular complexity index is 783. The van der Waals surface area contributed by atoms with E-state index in [4.69, 9.17) is 0 Å². The summed E-state index contributed by atoms with van der Waals surface area (Å²) >= 11 is 0. The number of hydrogen-bond donors (Lipinski definition) is 1. The summed E-state index contributed by atoms with van der Waals surface area (Å²) in [6.45, 7) is 3.17. The first-order chi connectivity index (χ1) is 10.8. The number of halogens is 3. The highest BCUT2D eigenvalue weighted by molar-refractivity contribution is 5.26. The highest BCUT2D eigenvalue weighted by Gasteiger charge is 2.30. The second-order valence-electron chi connectivity index (χ2n) is 5.74.